The molecule has 1 aliphatic heterocycles. The molecule has 2 aromatic carbocycles. The summed E-state index contributed by atoms with van der Waals surface area (Å²) < 4.78 is 11.1. The molecular weight excluding hydrogens is 406 g/mol. The third-order valence-corrected chi connectivity index (χ3v) is 5.23. The second-order valence-corrected chi connectivity index (χ2v) is 8.71. The summed E-state index contributed by atoms with van der Waals surface area (Å²) in [6.07, 6.45) is 0.229. The van der Waals surface area contributed by atoms with Crippen LogP contribution in [-0.2, 0) is 16.1 Å². The van der Waals surface area contributed by atoms with Crippen molar-refractivity contribution < 1.29 is 24.2 Å². The van der Waals surface area contributed by atoms with Gasteiger partial charge in [0.2, 0.25) is 0 Å². The molecule has 3 rings (SSSR count). The van der Waals surface area contributed by atoms with Crippen LogP contribution < -0.4 is 9.47 Å². The molecule has 0 bridgehead atoms. The molecule has 1 N–H and O–H groups in total. The van der Waals surface area contributed by atoms with E-state index in [1.54, 1.807) is 7.11 Å². The zero-order chi connectivity index (χ0) is 23.4. The Kier molecular flexibility index (Phi) is 7.23. The van der Waals surface area contributed by atoms with E-state index in [2.05, 4.69) is 0 Å². The molecule has 0 aliphatic carbocycles. The smallest absolute Gasteiger partial charge is 0.290 e. The largest absolute Gasteiger partial charge is 0.503 e. The van der Waals surface area contributed by atoms with Crippen LogP contribution in [0.5, 0.6) is 11.5 Å². The van der Waals surface area contributed by atoms with Gasteiger partial charge < -0.3 is 19.5 Å². The lowest BCUT2D eigenvalue weighted by Gasteiger charge is -2.27. The van der Waals surface area contributed by atoms with Gasteiger partial charge in [-0.25, -0.2) is 0 Å². The molecular formula is C26H31NO5. The van der Waals surface area contributed by atoms with E-state index in [0.717, 1.165) is 11.1 Å². The Hall–Kier alpha value is -3.28. The fraction of sp³-hybridized carbons (Fsp3) is 0.385. The van der Waals surface area contributed by atoms with Gasteiger partial charge in [-0.2, -0.15) is 0 Å². The predicted octanol–water partition coefficient (Wildman–Crippen LogP) is 4.99. The molecule has 1 amide bonds. The number of rotatable bonds is 9. The molecule has 1 atom stereocenters. The van der Waals surface area contributed by atoms with E-state index >= 15 is 0 Å². The number of amides is 1. The van der Waals surface area contributed by atoms with Gasteiger partial charge in [-0.1, -0.05) is 38.1 Å². The number of Topliss-reactive ketones (excluding diaryl/α,β-unsaturated/α-hetero) is 1. The lowest BCUT2D eigenvalue weighted by atomic mass is 9.92. The average molecular weight is 438 g/mol. The van der Waals surface area contributed by atoms with Crippen LogP contribution in [-0.4, -0.2) is 34.9 Å². The van der Waals surface area contributed by atoms with Crippen molar-refractivity contribution in [1.29, 1.82) is 0 Å². The number of aliphatic hydroxyl groups is 1. The fourth-order valence-electron chi connectivity index (χ4n) is 3.93. The molecule has 6 heteroatoms. The first-order valence-corrected chi connectivity index (χ1v) is 10.9. The molecule has 1 aliphatic rings. The number of ether oxygens (including phenoxy) is 2. The van der Waals surface area contributed by atoms with E-state index in [0.29, 0.717) is 11.5 Å². The summed E-state index contributed by atoms with van der Waals surface area (Å²) in [5, 5.41) is 10.7. The highest BCUT2D eigenvalue weighted by molar-refractivity contribution is 6.09. The zero-order valence-corrected chi connectivity index (χ0v) is 19.3. The highest BCUT2D eigenvalue weighted by Gasteiger charge is 2.43. The van der Waals surface area contributed by atoms with Gasteiger partial charge in [0.15, 0.2) is 11.5 Å². The predicted molar refractivity (Wildman–Crippen MR) is 123 cm³/mol. The van der Waals surface area contributed by atoms with Crippen LogP contribution in [0, 0.1) is 5.92 Å². The van der Waals surface area contributed by atoms with Gasteiger partial charge in [-0.05, 0) is 55.2 Å². The summed E-state index contributed by atoms with van der Waals surface area (Å²) in [6, 6.07) is 14.1. The van der Waals surface area contributed by atoms with Crippen molar-refractivity contribution in [2.45, 2.75) is 52.8 Å². The molecule has 0 fully saturated rings. The molecule has 1 unspecified atom stereocenters. The SMILES string of the molecule is COc1cccc(CN2C(=O)C(O)=C(C(=O)CC(C)C)C2c2cccc(OC(C)C)c2)c1. The van der Waals surface area contributed by atoms with Crippen LogP contribution in [0.1, 0.15) is 51.3 Å². The number of carbonyl (C=O) groups excluding carboxylic acids is 2. The van der Waals surface area contributed by atoms with Crippen molar-refractivity contribution in [3.63, 3.8) is 0 Å². The molecule has 0 spiro atoms. The Balaban J connectivity index is 2.05. The maximum absolute atomic E-state index is 13.1. The second-order valence-electron chi connectivity index (χ2n) is 8.71. The summed E-state index contributed by atoms with van der Waals surface area (Å²) in [4.78, 5) is 27.8. The number of hydrogen-bond donors (Lipinski definition) is 1. The third-order valence-electron chi connectivity index (χ3n) is 5.23. The number of aliphatic hydroxyl groups excluding tert-OH is 1. The Morgan fingerprint density at radius 2 is 1.75 bits per heavy atom. The number of hydrogen-bond acceptors (Lipinski definition) is 5. The molecule has 0 aromatic heterocycles. The van der Waals surface area contributed by atoms with E-state index in [1.165, 1.54) is 4.90 Å². The van der Waals surface area contributed by atoms with Crippen molar-refractivity contribution in [2.75, 3.05) is 7.11 Å². The fourth-order valence-corrected chi connectivity index (χ4v) is 3.93. The van der Waals surface area contributed by atoms with Gasteiger partial charge in [-0.15, -0.1) is 0 Å². The van der Waals surface area contributed by atoms with Crippen LogP contribution in [0.2, 0.25) is 0 Å². The van der Waals surface area contributed by atoms with Gasteiger partial charge in [0.25, 0.3) is 5.91 Å². The summed E-state index contributed by atoms with van der Waals surface area (Å²) in [5.41, 5.74) is 1.70. The van der Waals surface area contributed by atoms with E-state index in [9.17, 15) is 14.7 Å². The Bertz CT molecular complexity index is 1020. The van der Waals surface area contributed by atoms with E-state index in [4.69, 9.17) is 9.47 Å². The highest BCUT2D eigenvalue weighted by Crippen LogP contribution is 2.40. The van der Waals surface area contributed by atoms with Gasteiger partial charge in [0, 0.05) is 13.0 Å². The summed E-state index contributed by atoms with van der Waals surface area (Å²) in [6.45, 7) is 7.96. The number of carbonyl (C=O) groups is 2. The quantitative estimate of drug-likeness (QED) is 0.598. The molecule has 32 heavy (non-hydrogen) atoms. The topological polar surface area (TPSA) is 76.1 Å². The Morgan fingerprint density at radius 3 is 2.41 bits per heavy atom. The van der Waals surface area contributed by atoms with Crippen LogP contribution >= 0.6 is 0 Å². The van der Waals surface area contributed by atoms with Crippen molar-refractivity contribution in [3.05, 3.63) is 71.0 Å². The monoisotopic (exact) mass is 437 g/mol. The molecule has 0 radical (unpaired) electrons. The number of ketones is 1. The van der Waals surface area contributed by atoms with Crippen molar-refractivity contribution in [3.8, 4) is 11.5 Å². The summed E-state index contributed by atoms with van der Waals surface area (Å²) in [7, 11) is 1.58. The third kappa shape index (κ3) is 5.13. The van der Waals surface area contributed by atoms with Crippen molar-refractivity contribution in [2.24, 2.45) is 5.92 Å². The van der Waals surface area contributed by atoms with Gasteiger partial charge in [0.05, 0.1) is 24.8 Å². The van der Waals surface area contributed by atoms with Gasteiger partial charge in [0.1, 0.15) is 11.5 Å². The average Bonchev–Trinajstić information content (AvgIpc) is 2.98. The maximum atomic E-state index is 13.1. The normalized spacial score (nSPS) is 16.3. The van der Waals surface area contributed by atoms with Crippen LogP contribution in [0.25, 0.3) is 0 Å². The first-order valence-electron chi connectivity index (χ1n) is 10.9. The highest BCUT2D eigenvalue weighted by atomic mass is 16.5. The molecule has 0 saturated carbocycles. The Morgan fingerprint density at radius 1 is 1.06 bits per heavy atom. The number of methoxy groups -OCH3 is 1. The Labute approximate surface area is 189 Å². The van der Waals surface area contributed by atoms with Crippen LogP contribution in [0.4, 0.5) is 0 Å². The number of benzene rings is 2. The standard InChI is InChI=1S/C26H31NO5/c1-16(2)12-22(28)23-24(19-9-7-11-21(14-19)32-17(3)4)27(26(30)25(23)29)15-18-8-6-10-20(13-18)31-5/h6-11,13-14,16-17,24,29H,12,15H2,1-5H3. The van der Waals surface area contributed by atoms with Crippen molar-refractivity contribution in [1.82, 2.24) is 4.90 Å². The lowest BCUT2D eigenvalue weighted by molar-refractivity contribution is -0.130. The van der Waals surface area contributed by atoms with E-state index < -0.39 is 17.7 Å². The van der Waals surface area contributed by atoms with Gasteiger partial charge in [-0.3, -0.25) is 9.59 Å². The molecule has 1 heterocycles. The molecule has 0 saturated heterocycles. The second kappa shape index (κ2) is 9.90. The first kappa shape index (κ1) is 23.4. The summed E-state index contributed by atoms with van der Waals surface area (Å²) >= 11 is 0. The summed E-state index contributed by atoms with van der Waals surface area (Å²) in [5.74, 6) is 0.166. The minimum absolute atomic E-state index is 0.0191. The zero-order valence-electron chi connectivity index (χ0n) is 19.3. The number of nitrogens with zero attached hydrogens (tertiary/aromatic N) is 1. The lowest BCUT2D eigenvalue weighted by Crippen LogP contribution is -2.30. The van der Waals surface area contributed by atoms with Crippen molar-refractivity contribution >= 4 is 11.7 Å². The van der Waals surface area contributed by atoms with E-state index in [1.807, 2.05) is 76.2 Å². The first-order chi connectivity index (χ1) is 15.2. The molecule has 6 nitrogen and oxygen atoms in total. The molecule has 170 valence electrons. The van der Waals surface area contributed by atoms with Gasteiger partial charge >= 0.3 is 0 Å². The van der Waals surface area contributed by atoms with Crippen LogP contribution in [0.3, 0.4) is 0 Å². The molecule has 2 aromatic rings. The minimum atomic E-state index is -0.698. The van der Waals surface area contributed by atoms with Crippen LogP contribution in [0.15, 0.2) is 59.9 Å². The minimum Gasteiger partial charge on any atom is -0.503 e. The maximum Gasteiger partial charge on any atom is 0.290 e. The van der Waals surface area contributed by atoms with E-state index in [-0.39, 0.29) is 36.3 Å².